The number of Topliss-reactive ketones (excluding diaryl/α,β-unsaturated/α-hetero) is 1. The molecule has 0 bridgehead atoms. The van der Waals surface area contributed by atoms with Crippen LogP contribution < -0.4 is 5.32 Å². The molecule has 1 fully saturated rings. The van der Waals surface area contributed by atoms with Gasteiger partial charge in [-0.15, -0.1) is 0 Å². The zero-order valence-corrected chi connectivity index (χ0v) is 21.9. The highest BCUT2D eigenvalue weighted by molar-refractivity contribution is 6.42. The topological polar surface area (TPSA) is 46.2 Å². The van der Waals surface area contributed by atoms with Gasteiger partial charge in [0.2, 0.25) is 5.91 Å². The van der Waals surface area contributed by atoms with Crippen molar-refractivity contribution in [2.24, 2.45) is 5.41 Å². The van der Waals surface area contributed by atoms with E-state index in [1.807, 2.05) is 0 Å². The molecule has 3 rings (SSSR count). The van der Waals surface area contributed by atoms with Gasteiger partial charge in [-0.1, -0.05) is 41.4 Å². The van der Waals surface area contributed by atoms with Gasteiger partial charge in [-0.2, -0.15) is 26.3 Å². The molecule has 0 aromatic heterocycles. The average molecular weight is 620 g/mol. The fourth-order valence-electron chi connectivity index (χ4n) is 4.06. The first-order valence-electron chi connectivity index (χ1n) is 11.5. The standard InChI is InChI=1S/C26H20Cl2F9NO2/c1-23(30,31)16(13-3-5-18(27)19(28)9-13)10-20(29)14-2-4-15(17(8-14)26(35,36)37)21(39)11-24(6-7-24)22(40)38-12-25(32,33)34/h2-5,8-10,16H,6-7,11-12H2,1H3,(H,38,40)/b20-10-. The Morgan fingerprint density at radius 1 is 0.975 bits per heavy atom. The van der Waals surface area contributed by atoms with Gasteiger partial charge in [-0.25, -0.2) is 13.2 Å². The molecule has 0 saturated heterocycles. The third-order valence-corrected chi connectivity index (χ3v) is 7.09. The van der Waals surface area contributed by atoms with Crippen LogP contribution in [-0.2, 0) is 11.0 Å². The summed E-state index contributed by atoms with van der Waals surface area (Å²) in [6.45, 7) is -1.19. The molecule has 1 amide bonds. The Kier molecular flexibility index (Phi) is 8.96. The quantitative estimate of drug-likeness (QED) is 0.225. The van der Waals surface area contributed by atoms with Crippen LogP contribution in [0.4, 0.5) is 39.5 Å². The third-order valence-electron chi connectivity index (χ3n) is 6.35. The van der Waals surface area contributed by atoms with Crippen LogP contribution in [0, 0.1) is 5.41 Å². The van der Waals surface area contributed by atoms with Gasteiger partial charge < -0.3 is 5.32 Å². The van der Waals surface area contributed by atoms with Crippen LogP contribution >= 0.6 is 23.2 Å². The van der Waals surface area contributed by atoms with E-state index in [-0.39, 0.29) is 34.5 Å². The van der Waals surface area contributed by atoms with Gasteiger partial charge in [0, 0.05) is 24.5 Å². The van der Waals surface area contributed by atoms with Crippen molar-refractivity contribution in [1.29, 1.82) is 0 Å². The predicted octanol–water partition coefficient (Wildman–Crippen LogP) is 8.79. The summed E-state index contributed by atoms with van der Waals surface area (Å²) in [5.74, 6) is -9.30. The van der Waals surface area contributed by atoms with Crippen molar-refractivity contribution in [1.82, 2.24) is 5.32 Å². The van der Waals surface area contributed by atoms with Gasteiger partial charge >= 0.3 is 12.4 Å². The average Bonchev–Trinajstić information content (AvgIpc) is 3.61. The Labute approximate surface area is 232 Å². The summed E-state index contributed by atoms with van der Waals surface area (Å²) >= 11 is 11.6. The lowest BCUT2D eigenvalue weighted by Gasteiger charge is -2.22. The molecule has 1 atom stereocenters. The Morgan fingerprint density at radius 2 is 1.60 bits per heavy atom. The maximum atomic E-state index is 15.1. The molecule has 14 heteroatoms. The second-order valence-electron chi connectivity index (χ2n) is 9.56. The zero-order chi connectivity index (χ0) is 30.3. The van der Waals surface area contributed by atoms with E-state index in [1.54, 1.807) is 5.32 Å². The smallest absolute Gasteiger partial charge is 0.346 e. The maximum Gasteiger partial charge on any atom is 0.417 e. The normalized spacial score (nSPS) is 16.4. The minimum atomic E-state index is -5.20. The van der Waals surface area contributed by atoms with Gasteiger partial charge in [0.05, 0.1) is 26.9 Å². The molecule has 218 valence electrons. The molecule has 0 spiro atoms. The van der Waals surface area contributed by atoms with Crippen LogP contribution in [-0.4, -0.2) is 30.3 Å². The molecule has 1 N–H and O–H groups in total. The van der Waals surface area contributed by atoms with Crippen molar-refractivity contribution in [3.05, 3.63) is 74.8 Å². The highest BCUT2D eigenvalue weighted by atomic mass is 35.5. The number of alkyl halides is 8. The summed E-state index contributed by atoms with van der Waals surface area (Å²) in [6.07, 6.45) is -10.3. The first-order valence-corrected chi connectivity index (χ1v) is 12.3. The molecule has 1 saturated carbocycles. The van der Waals surface area contributed by atoms with Crippen molar-refractivity contribution in [3.8, 4) is 0 Å². The Bertz CT molecular complexity index is 1330. The van der Waals surface area contributed by atoms with Crippen LogP contribution in [0.1, 0.15) is 59.2 Å². The van der Waals surface area contributed by atoms with E-state index >= 15 is 4.39 Å². The van der Waals surface area contributed by atoms with Crippen LogP contribution in [0.15, 0.2) is 42.5 Å². The van der Waals surface area contributed by atoms with E-state index in [0.29, 0.717) is 19.1 Å². The van der Waals surface area contributed by atoms with Crippen LogP contribution in [0.3, 0.4) is 0 Å². The molecule has 40 heavy (non-hydrogen) atoms. The van der Waals surface area contributed by atoms with Crippen molar-refractivity contribution < 1.29 is 49.1 Å². The summed E-state index contributed by atoms with van der Waals surface area (Å²) in [5.41, 5.74) is -5.06. The first-order chi connectivity index (χ1) is 18.2. The lowest BCUT2D eigenvalue weighted by molar-refractivity contribution is -0.141. The summed E-state index contributed by atoms with van der Waals surface area (Å²) in [4.78, 5) is 25.0. The molecule has 1 unspecified atom stereocenters. The van der Waals surface area contributed by atoms with E-state index in [2.05, 4.69) is 0 Å². The number of hydrogen-bond acceptors (Lipinski definition) is 2. The molecular weight excluding hydrogens is 600 g/mol. The number of rotatable bonds is 9. The molecular formula is C26H20Cl2F9NO2. The van der Waals surface area contributed by atoms with E-state index in [0.717, 1.165) is 18.2 Å². The van der Waals surface area contributed by atoms with E-state index in [1.165, 1.54) is 6.07 Å². The van der Waals surface area contributed by atoms with Gasteiger partial charge in [-0.05, 0) is 42.7 Å². The number of benzene rings is 2. The van der Waals surface area contributed by atoms with Gasteiger partial charge in [0.25, 0.3) is 5.92 Å². The van der Waals surface area contributed by atoms with Gasteiger partial charge in [0.15, 0.2) is 5.78 Å². The number of carbonyl (C=O) groups is 2. The fourth-order valence-corrected chi connectivity index (χ4v) is 4.37. The highest BCUT2D eigenvalue weighted by Gasteiger charge is 2.52. The molecule has 0 heterocycles. The lowest BCUT2D eigenvalue weighted by atomic mass is 9.90. The first kappa shape index (κ1) is 31.8. The van der Waals surface area contributed by atoms with Crippen LogP contribution in [0.25, 0.3) is 5.83 Å². The number of amides is 1. The Morgan fingerprint density at radius 3 is 2.10 bits per heavy atom. The predicted molar refractivity (Wildman–Crippen MR) is 130 cm³/mol. The minimum absolute atomic E-state index is 0.0133. The van der Waals surface area contributed by atoms with Crippen LogP contribution in [0.5, 0.6) is 0 Å². The molecule has 3 nitrogen and oxygen atoms in total. The largest absolute Gasteiger partial charge is 0.417 e. The van der Waals surface area contributed by atoms with Crippen molar-refractivity contribution in [2.45, 2.75) is 50.4 Å². The zero-order valence-electron chi connectivity index (χ0n) is 20.4. The molecule has 0 aliphatic heterocycles. The molecule has 0 radical (unpaired) electrons. The summed E-state index contributed by atoms with van der Waals surface area (Å²) in [6, 6.07) is 5.09. The van der Waals surface area contributed by atoms with E-state index in [4.69, 9.17) is 23.2 Å². The summed E-state index contributed by atoms with van der Waals surface area (Å²) < 4.78 is 123. The number of halogens is 11. The van der Waals surface area contributed by atoms with Crippen molar-refractivity contribution in [3.63, 3.8) is 0 Å². The monoisotopic (exact) mass is 619 g/mol. The second-order valence-corrected chi connectivity index (χ2v) is 10.4. The fraction of sp³-hybridized carbons (Fsp3) is 0.385. The number of allylic oxidation sites excluding steroid dienone is 1. The van der Waals surface area contributed by atoms with Crippen LogP contribution in [0.2, 0.25) is 10.0 Å². The number of nitrogens with one attached hydrogen (secondary N) is 1. The van der Waals surface area contributed by atoms with E-state index < -0.39 is 76.8 Å². The van der Waals surface area contributed by atoms with Crippen molar-refractivity contribution >= 4 is 40.7 Å². The molecule has 1 aliphatic rings. The number of hydrogen-bond donors (Lipinski definition) is 1. The summed E-state index contributed by atoms with van der Waals surface area (Å²) in [7, 11) is 0. The SMILES string of the molecule is CC(F)(F)C(/C=C(\F)c1ccc(C(=O)CC2(C(=O)NCC(F)(F)F)CC2)c(C(F)(F)F)c1)c1ccc(Cl)c(Cl)c1. The highest BCUT2D eigenvalue weighted by Crippen LogP contribution is 2.50. The van der Waals surface area contributed by atoms with E-state index in [9.17, 15) is 44.7 Å². The molecule has 2 aromatic carbocycles. The molecule has 1 aliphatic carbocycles. The lowest BCUT2D eigenvalue weighted by Crippen LogP contribution is -2.39. The van der Waals surface area contributed by atoms with Crippen molar-refractivity contribution in [2.75, 3.05) is 6.54 Å². The number of carbonyl (C=O) groups excluding carboxylic acids is 2. The number of ketones is 1. The minimum Gasteiger partial charge on any atom is -0.346 e. The third kappa shape index (κ3) is 7.72. The second kappa shape index (κ2) is 11.3. The maximum absolute atomic E-state index is 15.1. The Hall–Kier alpha value is -2.73. The molecule has 2 aromatic rings. The van der Waals surface area contributed by atoms with Gasteiger partial charge in [0.1, 0.15) is 12.4 Å². The summed E-state index contributed by atoms with van der Waals surface area (Å²) in [5, 5.41) is 1.56. The Balaban J connectivity index is 1.94. The van der Waals surface area contributed by atoms with Gasteiger partial charge in [-0.3, -0.25) is 9.59 Å².